The Bertz CT molecular complexity index is 657. The molecule has 1 heterocycles. The summed E-state index contributed by atoms with van der Waals surface area (Å²) in [5.41, 5.74) is 3.54. The highest BCUT2D eigenvalue weighted by Crippen LogP contribution is 2.21. The lowest BCUT2D eigenvalue weighted by Gasteiger charge is -2.09. The van der Waals surface area contributed by atoms with Crippen molar-refractivity contribution in [3.8, 4) is 0 Å². The van der Waals surface area contributed by atoms with E-state index >= 15 is 0 Å². The molecule has 0 spiro atoms. The van der Waals surface area contributed by atoms with E-state index in [1.165, 1.54) is 10.9 Å². The molecular formula is C17H16N2. The molecule has 94 valence electrons. The zero-order valence-corrected chi connectivity index (χ0v) is 10.7. The molecule has 2 aromatic carbocycles. The van der Waals surface area contributed by atoms with Crippen LogP contribution in [0.4, 0.5) is 5.69 Å². The summed E-state index contributed by atoms with van der Waals surface area (Å²) in [6.45, 7) is 0.929. The van der Waals surface area contributed by atoms with Crippen LogP contribution in [0.15, 0.2) is 66.9 Å². The number of hydrogen-bond donors (Lipinski definition) is 1. The zero-order chi connectivity index (χ0) is 12.9. The molecule has 0 aliphatic rings. The summed E-state index contributed by atoms with van der Waals surface area (Å²) < 4.78 is 0. The molecule has 0 bridgehead atoms. The van der Waals surface area contributed by atoms with Gasteiger partial charge in [-0.05, 0) is 36.2 Å². The molecule has 0 aliphatic heterocycles. The minimum atomic E-state index is 0.929. The molecule has 1 aromatic heterocycles. The van der Waals surface area contributed by atoms with Crippen LogP contribution in [0.5, 0.6) is 0 Å². The molecule has 0 aliphatic carbocycles. The second kappa shape index (κ2) is 5.53. The maximum Gasteiger partial charge on any atom is 0.0722 e. The number of nitrogens with zero attached hydrogens (tertiary/aromatic N) is 1. The van der Waals surface area contributed by atoms with Crippen molar-refractivity contribution in [3.05, 3.63) is 72.4 Å². The Hall–Kier alpha value is -2.35. The van der Waals surface area contributed by atoms with Crippen molar-refractivity contribution in [2.24, 2.45) is 0 Å². The molecule has 2 nitrogen and oxygen atoms in total. The van der Waals surface area contributed by atoms with Crippen molar-refractivity contribution < 1.29 is 0 Å². The Labute approximate surface area is 113 Å². The van der Waals surface area contributed by atoms with Gasteiger partial charge in [-0.25, -0.2) is 0 Å². The number of benzene rings is 2. The van der Waals surface area contributed by atoms with Crippen molar-refractivity contribution in [1.82, 2.24) is 4.98 Å². The summed E-state index contributed by atoms with van der Waals surface area (Å²) in [5, 5.41) is 4.67. The maximum atomic E-state index is 4.37. The quantitative estimate of drug-likeness (QED) is 0.757. The van der Waals surface area contributed by atoms with Gasteiger partial charge in [-0.1, -0.05) is 36.4 Å². The topological polar surface area (TPSA) is 24.9 Å². The number of nitrogens with one attached hydrogen (secondary N) is 1. The predicted octanol–water partition coefficient (Wildman–Crippen LogP) is 3.89. The number of aromatic nitrogens is 1. The molecule has 0 atom stereocenters. The van der Waals surface area contributed by atoms with Crippen molar-refractivity contribution in [3.63, 3.8) is 0 Å². The number of fused-ring (bicyclic) bond motifs is 1. The molecule has 1 N–H and O–H groups in total. The van der Waals surface area contributed by atoms with E-state index in [2.05, 4.69) is 46.7 Å². The maximum absolute atomic E-state index is 4.37. The first-order valence-electron chi connectivity index (χ1n) is 6.55. The summed E-state index contributed by atoms with van der Waals surface area (Å²) in [6.07, 6.45) is 2.85. The van der Waals surface area contributed by atoms with Gasteiger partial charge in [0.2, 0.25) is 0 Å². The van der Waals surface area contributed by atoms with E-state index in [-0.39, 0.29) is 0 Å². The molecule has 0 saturated carbocycles. The second-order valence-electron chi connectivity index (χ2n) is 4.54. The molecule has 2 heteroatoms. The molecule has 3 aromatic rings. The average Bonchev–Trinajstić information content (AvgIpc) is 2.49. The standard InChI is InChI=1S/C17H16N2/c1-2-6-14(7-3-1)11-13-19-17-10-4-9-16-15(17)8-5-12-18-16/h1-10,12,19H,11,13H2. The Morgan fingerprint density at radius 3 is 2.63 bits per heavy atom. The molecule has 0 amide bonds. The average molecular weight is 248 g/mol. The van der Waals surface area contributed by atoms with Crippen molar-refractivity contribution in [2.75, 3.05) is 11.9 Å². The highest BCUT2D eigenvalue weighted by Gasteiger charge is 2.00. The van der Waals surface area contributed by atoms with Crippen LogP contribution in [-0.2, 0) is 6.42 Å². The smallest absolute Gasteiger partial charge is 0.0722 e. The van der Waals surface area contributed by atoms with Gasteiger partial charge in [0.1, 0.15) is 0 Å². The summed E-state index contributed by atoms with van der Waals surface area (Å²) >= 11 is 0. The van der Waals surface area contributed by atoms with E-state index < -0.39 is 0 Å². The fraction of sp³-hybridized carbons (Fsp3) is 0.118. The third-order valence-electron chi connectivity index (χ3n) is 3.22. The van der Waals surface area contributed by atoms with Gasteiger partial charge in [-0.15, -0.1) is 0 Å². The van der Waals surface area contributed by atoms with Crippen molar-refractivity contribution >= 4 is 16.6 Å². The van der Waals surface area contributed by atoms with Gasteiger partial charge in [0.05, 0.1) is 5.52 Å². The summed E-state index contributed by atoms with van der Waals surface area (Å²) in [5.74, 6) is 0. The normalized spacial score (nSPS) is 10.5. The molecule has 0 fully saturated rings. The SMILES string of the molecule is c1ccc(CCNc2cccc3ncccc23)cc1. The summed E-state index contributed by atoms with van der Waals surface area (Å²) in [6, 6.07) is 20.8. The Morgan fingerprint density at radius 1 is 0.842 bits per heavy atom. The Balaban J connectivity index is 1.72. The van der Waals surface area contributed by atoms with E-state index in [1.807, 2.05) is 30.5 Å². The highest BCUT2D eigenvalue weighted by molar-refractivity contribution is 5.91. The number of anilines is 1. The van der Waals surface area contributed by atoms with Crippen LogP contribution < -0.4 is 5.32 Å². The predicted molar refractivity (Wildman–Crippen MR) is 80.4 cm³/mol. The minimum Gasteiger partial charge on any atom is -0.384 e. The molecule has 19 heavy (non-hydrogen) atoms. The van der Waals surface area contributed by atoms with Crippen LogP contribution in [0.25, 0.3) is 10.9 Å². The van der Waals surface area contributed by atoms with E-state index in [9.17, 15) is 0 Å². The number of pyridine rings is 1. The largest absolute Gasteiger partial charge is 0.384 e. The van der Waals surface area contributed by atoms with Crippen LogP contribution in [0.3, 0.4) is 0 Å². The van der Waals surface area contributed by atoms with Gasteiger partial charge in [-0.2, -0.15) is 0 Å². The monoisotopic (exact) mass is 248 g/mol. The van der Waals surface area contributed by atoms with Gasteiger partial charge in [0.25, 0.3) is 0 Å². The molecular weight excluding hydrogens is 232 g/mol. The fourth-order valence-corrected chi connectivity index (χ4v) is 2.24. The molecule has 0 unspecified atom stereocenters. The summed E-state index contributed by atoms with van der Waals surface area (Å²) in [4.78, 5) is 4.37. The van der Waals surface area contributed by atoms with E-state index in [0.29, 0.717) is 0 Å². The number of hydrogen-bond acceptors (Lipinski definition) is 2. The third-order valence-corrected chi connectivity index (χ3v) is 3.22. The molecule has 3 rings (SSSR count). The molecule has 0 radical (unpaired) electrons. The van der Waals surface area contributed by atoms with Gasteiger partial charge in [0, 0.05) is 23.8 Å². The van der Waals surface area contributed by atoms with Crippen molar-refractivity contribution in [2.45, 2.75) is 6.42 Å². The lowest BCUT2D eigenvalue weighted by atomic mass is 10.1. The molecule has 0 saturated heterocycles. The van der Waals surface area contributed by atoms with Crippen LogP contribution in [0, 0.1) is 0 Å². The lowest BCUT2D eigenvalue weighted by Crippen LogP contribution is -2.05. The first kappa shape index (κ1) is 11.7. The Morgan fingerprint density at radius 2 is 1.74 bits per heavy atom. The van der Waals surface area contributed by atoms with Crippen molar-refractivity contribution in [1.29, 1.82) is 0 Å². The van der Waals surface area contributed by atoms with Crippen LogP contribution in [0.2, 0.25) is 0 Å². The van der Waals surface area contributed by atoms with Crippen LogP contribution in [-0.4, -0.2) is 11.5 Å². The van der Waals surface area contributed by atoms with E-state index in [0.717, 1.165) is 24.2 Å². The first-order chi connectivity index (χ1) is 9.43. The zero-order valence-electron chi connectivity index (χ0n) is 10.7. The first-order valence-corrected chi connectivity index (χ1v) is 6.55. The van der Waals surface area contributed by atoms with Gasteiger partial charge in [0.15, 0.2) is 0 Å². The second-order valence-corrected chi connectivity index (χ2v) is 4.54. The Kier molecular flexibility index (Phi) is 3.41. The third kappa shape index (κ3) is 2.74. The summed E-state index contributed by atoms with van der Waals surface area (Å²) in [7, 11) is 0. The van der Waals surface area contributed by atoms with Gasteiger partial charge >= 0.3 is 0 Å². The van der Waals surface area contributed by atoms with Crippen LogP contribution in [0.1, 0.15) is 5.56 Å². The number of rotatable bonds is 4. The lowest BCUT2D eigenvalue weighted by molar-refractivity contribution is 1.02. The van der Waals surface area contributed by atoms with Crippen LogP contribution >= 0.6 is 0 Å². The van der Waals surface area contributed by atoms with Gasteiger partial charge in [-0.3, -0.25) is 4.98 Å². The van der Waals surface area contributed by atoms with E-state index in [1.54, 1.807) is 0 Å². The van der Waals surface area contributed by atoms with Gasteiger partial charge < -0.3 is 5.32 Å². The van der Waals surface area contributed by atoms with E-state index in [4.69, 9.17) is 0 Å². The minimum absolute atomic E-state index is 0.929. The highest BCUT2D eigenvalue weighted by atomic mass is 14.9. The fourth-order valence-electron chi connectivity index (χ4n) is 2.24.